The van der Waals surface area contributed by atoms with E-state index in [2.05, 4.69) is 71.2 Å². The van der Waals surface area contributed by atoms with E-state index in [0.717, 1.165) is 6.54 Å². The Kier molecular flexibility index (Phi) is 3.81. The van der Waals surface area contributed by atoms with Gasteiger partial charge in [0, 0.05) is 12.6 Å². The summed E-state index contributed by atoms with van der Waals surface area (Å²) in [5.74, 6) is 0. The molecule has 2 rings (SSSR count). The highest BCUT2D eigenvalue weighted by Crippen LogP contribution is 2.31. The van der Waals surface area contributed by atoms with E-state index in [1.54, 1.807) is 0 Å². The van der Waals surface area contributed by atoms with E-state index in [0.29, 0.717) is 9.97 Å². The molecular weight excluding hydrogens is 297 g/mol. The summed E-state index contributed by atoms with van der Waals surface area (Å²) < 4.78 is 0.562. The van der Waals surface area contributed by atoms with E-state index in [9.17, 15) is 0 Å². The molecule has 0 radical (unpaired) electrons. The molecule has 2 unspecified atom stereocenters. The van der Waals surface area contributed by atoms with Crippen LogP contribution >= 0.6 is 22.6 Å². The third-order valence-corrected chi connectivity index (χ3v) is 4.43. The summed E-state index contributed by atoms with van der Waals surface area (Å²) in [6, 6.07) is 11.3. The van der Waals surface area contributed by atoms with Gasteiger partial charge in [0.15, 0.2) is 0 Å². The van der Waals surface area contributed by atoms with Crippen molar-refractivity contribution in [2.24, 2.45) is 0 Å². The normalized spacial score (nSPS) is 23.3. The zero-order chi connectivity index (χ0) is 10.7. The van der Waals surface area contributed by atoms with Crippen molar-refractivity contribution in [1.29, 1.82) is 0 Å². The third-order valence-electron chi connectivity index (χ3n) is 2.84. The predicted octanol–water partition coefficient (Wildman–Crippen LogP) is 3.47. The Hall–Kier alpha value is -0.350. The summed E-state index contributed by atoms with van der Waals surface area (Å²) in [6.07, 6.45) is 3.45. The van der Waals surface area contributed by atoms with Crippen LogP contribution in [0.1, 0.15) is 22.8 Å². The number of hydrogen-bond donors (Lipinski definition) is 1. The molecule has 2 heteroatoms. The zero-order valence-electron chi connectivity index (χ0n) is 8.91. The summed E-state index contributed by atoms with van der Waals surface area (Å²) in [4.78, 5) is 0. The lowest BCUT2D eigenvalue weighted by Gasteiger charge is -2.27. The molecule has 1 aliphatic rings. The summed E-state index contributed by atoms with van der Waals surface area (Å²) in [6.45, 7) is 3.24. The van der Waals surface area contributed by atoms with Crippen LogP contribution in [0.4, 0.5) is 0 Å². The first kappa shape index (κ1) is 11.1. The van der Waals surface area contributed by atoms with Gasteiger partial charge in [0.25, 0.3) is 0 Å². The molecule has 0 amide bonds. The minimum atomic E-state index is 0.562. The quantitative estimate of drug-likeness (QED) is 0.501. The van der Waals surface area contributed by atoms with E-state index in [-0.39, 0.29) is 0 Å². The lowest BCUT2D eigenvalue weighted by Crippen LogP contribution is -2.35. The second kappa shape index (κ2) is 5.12. The molecule has 0 spiro atoms. The maximum absolute atomic E-state index is 3.56. The molecule has 1 heterocycles. The molecule has 1 aromatic rings. The van der Waals surface area contributed by atoms with Gasteiger partial charge in [-0.25, -0.2) is 0 Å². The molecule has 0 bridgehead atoms. The monoisotopic (exact) mass is 313 g/mol. The first-order valence-corrected chi connectivity index (χ1v) is 6.60. The maximum Gasteiger partial charge on any atom is 0.0515 e. The van der Waals surface area contributed by atoms with Crippen molar-refractivity contribution >= 4 is 22.6 Å². The smallest absolute Gasteiger partial charge is 0.0515 e. The highest BCUT2D eigenvalue weighted by molar-refractivity contribution is 14.1. The molecular formula is C13H16IN. The predicted molar refractivity (Wildman–Crippen MR) is 73.4 cm³/mol. The molecule has 0 saturated heterocycles. The average molecular weight is 313 g/mol. The number of hydrogen-bond acceptors (Lipinski definition) is 1. The van der Waals surface area contributed by atoms with Crippen LogP contribution in [-0.2, 0) is 0 Å². The highest BCUT2D eigenvalue weighted by atomic mass is 127. The number of halogens is 1. The lowest BCUT2D eigenvalue weighted by molar-refractivity contribution is 0.513. The van der Waals surface area contributed by atoms with Crippen molar-refractivity contribution in [3.8, 4) is 0 Å². The van der Waals surface area contributed by atoms with Gasteiger partial charge in [-0.2, -0.15) is 0 Å². The van der Waals surface area contributed by atoms with E-state index in [1.807, 2.05) is 0 Å². The number of benzene rings is 1. The standard InChI is InChI=1S/C13H16IN/c1-10-7-8-15-12(9-10)13(14)11-5-3-2-4-6-11/h2-7,12-13,15H,8-9H2,1H3. The van der Waals surface area contributed by atoms with Gasteiger partial charge in [-0.3, -0.25) is 0 Å². The summed E-state index contributed by atoms with van der Waals surface area (Å²) in [5, 5.41) is 3.56. The molecule has 0 saturated carbocycles. The van der Waals surface area contributed by atoms with Crippen LogP contribution in [-0.4, -0.2) is 12.6 Å². The maximum atomic E-state index is 3.56. The van der Waals surface area contributed by atoms with Gasteiger partial charge in [0.05, 0.1) is 3.92 Å². The Morgan fingerprint density at radius 3 is 2.73 bits per heavy atom. The van der Waals surface area contributed by atoms with E-state index >= 15 is 0 Å². The van der Waals surface area contributed by atoms with Gasteiger partial charge in [0.1, 0.15) is 0 Å². The van der Waals surface area contributed by atoms with Crippen LogP contribution in [0, 0.1) is 0 Å². The third kappa shape index (κ3) is 2.82. The molecule has 2 atom stereocenters. The number of rotatable bonds is 2. The zero-order valence-corrected chi connectivity index (χ0v) is 11.1. The van der Waals surface area contributed by atoms with Crippen molar-refractivity contribution in [1.82, 2.24) is 5.32 Å². The van der Waals surface area contributed by atoms with Gasteiger partial charge in [-0.1, -0.05) is 64.6 Å². The van der Waals surface area contributed by atoms with Crippen molar-refractivity contribution in [2.45, 2.75) is 23.3 Å². The Balaban J connectivity index is 2.09. The van der Waals surface area contributed by atoms with Crippen molar-refractivity contribution in [3.05, 3.63) is 47.5 Å². The molecule has 1 aliphatic heterocycles. The second-order valence-corrected chi connectivity index (χ2v) is 5.42. The Morgan fingerprint density at radius 2 is 2.07 bits per heavy atom. The first-order valence-electron chi connectivity index (χ1n) is 5.35. The van der Waals surface area contributed by atoms with Crippen LogP contribution in [0.3, 0.4) is 0 Å². The highest BCUT2D eigenvalue weighted by Gasteiger charge is 2.21. The fourth-order valence-corrected chi connectivity index (χ4v) is 2.89. The van der Waals surface area contributed by atoms with Crippen molar-refractivity contribution < 1.29 is 0 Å². The average Bonchev–Trinajstić information content (AvgIpc) is 2.29. The van der Waals surface area contributed by atoms with E-state index < -0.39 is 0 Å². The summed E-state index contributed by atoms with van der Waals surface area (Å²) >= 11 is 2.55. The summed E-state index contributed by atoms with van der Waals surface area (Å²) in [7, 11) is 0. The molecule has 1 aromatic carbocycles. The van der Waals surface area contributed by atoms with Gasteiger partial charge < -0.3 is 5.32 Å². The Morgan fingerprint density at radius 1 is 1.33 bits per heavy atom. The van der Waals surface area contributed by atoms with Gasteiger partial charge in [-0.05, 0) is 18.9 Å². The van der Waals surface area contributed by atoms with E-state index in [1.165, 1.54) is 17.6 Å². The molecule has 0 aliphatic carbocycles. The summed E-state index contributed by atoms with van der Waals surface area (Å²) in [5.41, 5.74) is 2.93. The van der Waals surface area contributed by atoms with Gasteiger partial charge in [0.2, 0.25) is 0 Å². The second-order valence-electron chi connectivity index (χ2n) is 4.08. The fourth-order valence-electron chi connectivity index (χ4n) is 1.96. The fraction of sp³-hybridized carbons (Fsp3) is 0.385. The molecule has 15 heavy (non-hydrogen) atoms. The number of alkyl halides is 1. The van der Waals surface area contributed by atoms with Crippen molar-refractivity contribution in [3.63, 3.8) is 0 Å². The SMILES string of the molecule is CC1=CCNC(C(I)c2ccccc2)C1. The van der Waals surface area contributed by atoms with Crippen LogP contribution < -0.4 is 5.32 Å². The van der Waals surface area contributed by atoms with Gasteiger partial charge >= 0.3 is 0 Å². The Bertz CT molecular complexity index is 345. The molecule has 80 valence electrons. The first-order chi connectivity index (χ1) is 7.27. The molecule has 0 aromatic heterocycles. The Labute approximate surface area is 105 Å². The molecule has 1 N–H and O–H groups in total. The topological polar surface area (TPSA) is 12.0 Å². The molecule has 0 fully saturated rings. The van der Waals surface area contributed by atoms with Crippen LogP contribution in [0.15, 0.2) is 42.0 Å². The minimum Gasteiger partial charge on any atom is -0.309 e. The van der Waals surface area contributed by atoms with Crippen LogP contribution in [0.25, 0.3) is 0 Å². The van der Waals surface area contributed by atoms with Crippen LogP contribution in [0.5, 0.6) is 0 Å². The largest absolute Gasteiger partial charge is 0.309 e. The number of nitrogens with one attached hydrogen (secondary N) is 1. The van der Waals surface area contributed by atoms with E-state index in [4.69, 9.17) is 0 Å². The van der Waals surface area contributed by atoms with Crippen LogP contribution in [0.2, 0.25) is 0 Å². The van der Waals surface area contributed by atoms with Crippen molar-refractivity contribution in [2.75, 3.05) is 6.54 Å². The minimum absolute atomic E-state index is 0.562. The molecule has 1 nitrogen and oxygen atoms in total. The van der Waals surface area contributed by atoms with Gasteiger partial charge in [-0.15, -0.1) is 0 Å². The lowest BCUT2D eigenvalue weighted by atomic mass is 9.97.